The maximum absolute atomic E-state index is 12.8. The van der Waals surface area contributed by atoms with Crippen molar-refractivity contribution < 1.29 is 13.6 Å². The molecule has 0 bridgehead atoms. The molecule has 0 atom stereocenters. The molecule has 12 heavy (non-hydrogen) atoms. The number of amides is 1. The smallest absolute Gasteiger partial charge is 0.302 e. The van der Waals surface area contributed by atoms with Crippen molar-refractivity contribution in [3.63, 3.8) is 0 Å². The summed E-state index contributed by atoms with van der Waals surface area (Å²) < 4.78 is 25.7. The maximum Gasteiger partial charge on any atom is 0.316 e. The van der Waals surface area contributed by atoms with Crippen LogP contribution >= 0.6 is 0 Å². The van der Waals surface area contributed by atoms with Gasteiger partial charge in [-0.3, -0.25) is 4.79 Å². The lowest BCUT2D eigenvalue weighted by molar-refractivity contribution is 0.546. The molecular weight excluding hydrogens is 164 g/mol. The lowest BCUT2D eigenvalue weighted by Gasteiger charge is -2.10. The van der Waals surface area contributed by atoms with Crippen molar-refractivity contribution in [2.75, 3.05) is 11.9 Å². The van der Waals surface area contributed by atoms with Crippen molar-refractivity contribution in [1.82, 2.24) is 0 Å². The Hall–Kier alpha value is -1.45. The third-order valence-corrected chi connectivity index (χ3v) is 1.41. The number of halogens is 2. The molecule has 1 aromatic carbocycles. The molecule has 0 saturated carbocycles. The molecule has 1 rings (SSSR count). The second-order valence-electron chi connectivity index (χ2n) is 2.22. The average molecular weight is 170 g/mol. The first kappa shape index (κ1) is 8.64. The summed E-state index contributed by atoms with van der Waals surface area (Å²) >= 11 is 0. The SMILES string of the molecule is CN([C]=O)c1c(F)cccc1F. The Morgan fingerprint density at radius 2 is 1.83 bits per heavy atom. The van der Waals surface area contributed by atoms with E-state index in [2.05, 4.69) is 0 Å². The fourth-order valence-electron chi connectivity index (χ4n) is 0.855. The van der Waals surface area contributed by atoms with Gasteiger partial charge in [0.15, 0.2) is 0 Å². The Bertz CT molecular complexity index is 281. The van der Waals surface area contributed by atoms with Gasteiger partial charge in [-0.05, 0) is 12.1 Å². The summed E-state index contributed by atoms with van der Waals surface area (Å²) in [6.45, 7) is 0. The Balaban J connectivity index is 3.20. The molecule has 0 saturated heterocycles. The Morgan fingerprint density at radius 1 is 1.33 bits per heavy atom. The number of rotatable bonds is 2. The van der Waals surface area contributed by atoms with Gasteiger partial charge in [0.1, 0.15) is 17.3 Å². The maximum atomic E-state index is 12.8. The fourth-order valence-corrected chi connectivity index (χ4v) is 0.855. The first-order valence-electron chi connectivity index (χ1n) is 3.22. The first-order valence-corrected chi connectivity index (χ1v) is 3.22. The van der Waals surface area contributed by atoms with Gasteiger partial charge in [-0.2, -0.15) is 0 Å². The van der Waals surface area contributed by atoms with E-state index in [9.17, 15) is 13.6 Å². The van der Waals surface area contributed by atoms with Gasteiger partial charge in [-0.1, -0.05) is 6.07 Å². The van der Waals surface area contributed by atoms with Gasteiger partial charge in [0, 0.05) is 7.05 Å². The minimum atomic E-state index is -0.777. The molecular formula is C8H6F2NO. The summed E-state index contributed by atoms with van der Waals surface area (Å²) in [5.41, 5.74) is -0.382. The molecule has 1 aromatic rings. The summed E-state index contributed by atoms with van der Waals surface area (Å²) in [6.07, 6.45) is 1.37. The van der Waals surface area contributed by atoms with Crippen LogP contribution in [0.2, 0.25) is 0 Å². The van der Waals surface area contributed by atoms with Gasteiger partial charge in [0.05, 0.1) is 0 Å². The average Bonchev–Trinajstić information content (AvgIpc) is 2.03. The van der Waals surface area contributed by atoms with E-state index in [0.29, 0.717) is 0 Å². The highest BCUT2D eigenvalue weighted by Gasteiger charge is 2.12. The van der Waals surface area contributed by atoms with Crippen LogP contribution in [-0.2, 0) is 4.79 Å². The number of hydrogen-bond donors (Lipinski definition) is 0. The van der Waals surface area contributed by atoms with Gasteiger partial charge >= 0.3 is 6.41 Å². The summed E-state index contributed by atoms with van der Waals surface area (Å²) in [4.78, 5) is 10.8. The van der Waals surface area contributed by atoms with E-state index in [0.717, 1.165) is 17.0 Å². The Kier molecular flexibility index (Phi) is 2.38. The van der Waals surface area contributed by atoms with E-state index in [1.54, 1.807) is 0 Å². The van der Waals surface area contributed by atoms with Crippen molar-refractivity contribution in [1.29, 1.82) is 0 Å². The van der Waals surface area contributed by atoms with Crippen molar-refractivity contribution in [3.8, 4) is 0 Å². The monoisotopic (exact) mass is 170 g/mol. The quantitative estimate of drug-likeness (QED) is 0.615. The molecule has 0 unspecified atom stereocenters. The molecule has 1 radical (unpaired) electrons. The van der Waals surface area contributed by atoms with Crippen molar-refractivity contribution in [2.45, 2.75) is 0 Å². The molecule has 63 valence electrons. The normalized spacial score (nSPS) is 9.58. The standard InChI is InChI=1S/C8H6F2NO/c1-11(5-12)8-6(9)3-2-4-7(8)10/h2-4H,1H3. The van der Waals surface area contributed by atoms with Crippen LogP contribution < -0.4 is 4.90 Å². The van der Waals surface area contributed by atoms with Crippen LogP contribution in [0.3, 0.4) is 0 Å². The first-order chi connectivity index (χ1) is 5.66. The Morgan fingerprint density at radius 3 is 2.25 bits per heavy atom. The third kappa shape index (κ3) is 1.42. The summed E-state index contributed by atoms with van der Waals surface area (Å²) in [7, 11) is 1.23. The summed E-state index contributed by atoms with van der Waals surface area (Å²) in [5.74, 6) is -1.55. The van der Waals surface area contributed by atoms with E-state index in [-0.39, 0.29) is 5.69 Å². The number of hydrogen-bond acceptors (Lipinski definition) is 1. The van der Waals surface area contributed by atoms with E-state index in [1.165, 1.54) is 19.5 Å². The largest absolute Gasteiger partial charge is 0.316 e. The van der Waals surface area contributed by atoms with Crippen LogP contribution in [0.25, 0.3) is 0 Å². The van der Waals surface area contributed by atoms with E-state index >= 15 is 0 Å². The van der Waals surface area contributed by atoms with Crippen LogP contribution in [0.4, 0.5) is 14.5 Å². The number of benzene rings is 1. The van der Waals surface area contributed by atoms with Gasteiger partial charge in [-0.15, -0.1) is 0 Å². The molecule has 0 aromatic heterocycles. The van der Waals surface area contributed by atoms with Gasteiger partial charge in [0.25, 0.3) is 0 Å². The number of nitrogens with zero attached hydrogens (tertiary/aromatic N) is 1. The number of anilines is 1. The van der Waals surface area contributed by atoms with Gasteiger partial charge < -0.3 is 4.90 Å². The molecule has 0 aliphatic rings. The summed E-state index contributed by atoms with van der Waals surface area (Å²) in [5, 5.41) is 0. The lowest BCUT2D eigenvalue weighted by atomic mass is 10.3. The van der Waals surface area contributed by atoms with E-state index < -0.39 is 11.6 Å². The van der Waals surface area contributed by atoms with E-state index in [4.69, 9.17) is 0 Å². The zero-order valence-corrected chi connectivity index (χ0v) is 6.34. The molecule has 2 nitrogen and oxygen atoms in total. The minimum absolute atomic E-state index is 0.382. The molecule has 0 spiro atoms. The highest BCUT2D eigenvalue weighted by Crippen LogP contribution is 2.20. The number of carbonyl (C=O) groups excluding carboxylic acids is 1. The highest BCUT2D eigenvalue weighted by molar-refractivity contribution is 5.75. The zero-order chi connectivity index (χ0) is 9.14. The lowest BCUT2D eigenvalue weighted by Crippen LogP contribution is -2.16. The number of para-hydroxylation sites is 1. The Labute approximate surface area is 68.4 Å². The third-order valence-electron chi connectivity index (χ3n) is 1.41. The molecule has 0 fully saturated rings. The van der Waals surface area contributed by atoms with E-state index in [1.807, 2.05) is 0 Å². The highest BCUT2D eigenvalue weighted by atomic mass is 19.1. The summed E-state index contributed by atoms with van der Waals surface area (Å²) in [6, 6.07) is 3.38. The van der Waals surface area contributed by atoms with Crippen molar-refractivity contribution in [3.05, 3.63) is 29.8 Å². The molecule has 0 aliphatic heterocycles. The fraction of sp³-hybridized carbons (Fsp3) is 0.125. The minimum Gasteiger partial charge on any atom is -0.302 e. The molecule has 4 heteroatoms. The molecule has 0 aliphatic carbocycles. The van der Waals surface area contributed by atoms with Crippen LogP contribution in [0.5, 0.6) is 0 Å². The molecule has 0 N–H and O–H groups in total. The van der Waals surface area contributed by atoms with Crippen LogP contribution in [0.15, 0.2) is 18.2 Å². The van der Waals surface area contributed by atoms with Gasteiger partial charge in [0.2, 0.25) is 0 Å². The zero-order valence-electron chi connectivity index (χ0n) is 6.34. The van der Waals surface area contributed by atoms with Crippen LogP contribution in [-0.4, -0.2) is 13.5 Å². The topological polar surface area (TPSA) is 20.3 Å². The second-order valence-corrected chi connectivity index (χ2v) is 2.22. The second kappa shape index (κ2) is 3.30. The predicted molar refractivity (Wildman–Crippen MR) is 40.5 cm³/mol. The van der Waals surface area contributed by atoms with Crippen molar-refractivity contribution in [2.24, 2.45) is 0 Å². The molecule has 0 heterocycles. The van der Waals surface area contributed by atoms with Crippen LogP contribution in [0, 0.1) is 11.6 Å². The van der Waals surface area contributed by atoms with Crippen molar-refractivity contribution >= 4 is 12.1 Å². The van der Waals surface area contributed by atoms with Gasteiger partial charge in [-0.25, -0.2) is 8.78 Å². The molecule has 1 amide bonds. The predicted octanol–water partition coefficient (Wildman–Crippen LogP) is 1.47. The van der Waals surface area contributed by atoms with Crippen LogP contribution in [0.1, 0.15) is 0 Å².